The smallest absolute Gasteiger partial charge is 0.304 e. The van der Waals surface area contributed by atoms with Gasteiger partial charge in [-0.3, -0.25) is 9.59 Å². The molecule has 0 aromatic heterocycles. The Morgan fingerprint density at radius 1 is 1.06 bits per heavy atom. The standard InChI is InChI=1S/C26H37FN4O4S/c1-8-20(4)28-26(33)21(5)30(16-22-11-9-10-12-23(22)27)25(32)17-31(36(34,35)29(6)7)24-15-18(2)13-14-19(24)3/h9-15,20-21H,8,16-17H2,1-7H3,(H,28,33)/t20-,21+/m1/s1. The summed E-state index contributed by atoms with van der Waals surface area (Å²) in [6, 6.07) is 10.2. The van der Waals surface area contributed by atoms with E-state index in [0.717, 1.165) is 14.2 Å². The van der Waals surface area contributed by atoms with Gasteiger partial charge in [0.25, 0.3) is 0 Å². The summed E-state index contributed by atoms with van der Waals surface area (Å²) in [5.74, 6) is -1.55. The molecular formula is C26H37FN4O4S. The molecule has 0 spiro atoms. The Morgan fingerprint density at radius 2 is 1.69 bits per heavy atom. The maximum absolute atomic E-state index is 14.5. The maximum atomic E-state index is 14.5. The summed E-state index contributed by atoms with van der Waals surface area (Å²) in [5.41, 5.74) is 2.08. The van der Waals surface area contributed by atoms with Crippen LogP contribution in [0.25, 0.3) is 0 Å². The van der Waals surface area contributed by atoms with E-state index in [9.17, 15) is 22.4 Å². The lowest BCUT2D eigenvalue weighted by molar-refractivity contribution is -0.139. The number of amides is 2. The second kappa shape index (κ2) is 12.3. The molecule has 10 heteroatoms. The predicted octanol–water partition coefficient (Wildman–Crippen LogP) is 3.39. The molecule has 2 aromatic rings. The zero-order valence-electron chi connectivity index (χ0n) is 22.1. The number of rotatable bonds is 11. The van der Waals surface area contributed by atoms with Crippen molar-refractivity contribution in [1.29, 1.82) is 0 Å². The van der Waals surface area contributed by atoms with Crippen molar-refractivity contribution in [2.45, 2.75) is 59.7 Å². The molecule has 0 aliphatic rings. The van der Waals surface area contributed by atoms with Gasteiger partial charge in [0, 0.05) is 32.2 Å². The lowest BCUT2D eigenvalue weighted by atomic mass is 10.1. The molecule has 0 fully saturated rings. The van der Waals surface area contributed by atoms with Crippen LogP contribution < -0.4 is 9.62 Å². The van der Waals surface area contributed by atoms with Crippen molar-refractivity contribution < 1.29 is 22.4 Å². The van der Waals surface area contributed by atoms with Crippen LogP contribution in [-0.2, 0) is 26.3 Å². The van der Waals surface area contributed by atoms with Gasteiger partial charge >= 0.3 is 10.2 Å². The third kappa shape index (κ3) is 7.04. The van der Waals surface area contributed by atoms with Gasteiger partial charge < -0.3 is 10.2 Å². The van der Waals surface area contributed by atoms with Crippen molar-refractivity contribution in [3.05, 3.63) is 65.0 Å². The third-order valence-corrected chi connectivity index (χ3v) is 7.92. The van der Waals surface area contributed by atoms with Gasteiger partial charge in [-0.2, -0.15) is 12.7 Å². The lowest BCUT2D eigenvalue weighted by Gasteiger charge is -2.33. The van der Waals surface area contributed by atoms with Crippen molar-refractivity contribution in [2.75, 3.05) is 24.9 Å². The number of benzene rings is 2. The quantitative estimate of drug-likeness (QED) is 0.492. The van der Waals surface area contributed by atoms with Gasteiger partial charge in [0.05, 0.1) is 5.69 Å². The Labute approximate surface area is 214 Å². The molecule has 36 heavy (non-hydrogen) atoms. The summed E-state index contributed by atoms with van der Waals surface area (Å²) in [6.45, 7) is 8.17. The topological polar surface area (TPSA) is 90.0 Å². The summed E-state index contributed by atoms with van der Waals surface area (Å²) >= 11 is 0. The van der Waals surface area contributed by atoms with Gasteiger partial charge in [0.2, 0.25) is 11.8 Å². The Kier molecular flexibility index (Phi) is 10.0. The molecule has 8 nitrogen and oxygen atoms in total. The highest BCUT2D eigenvalue weighted by Gasteiger charge is 2.33. The van der Waals surface area contributed by atoms with E-state index in [-0.39, 0.29) is 18.2 Å². The van der Waals surface area contributed by atoms with E-state index in [1.807, 2.05) is 26.8 Å². The van der Waals surface area contributed by atoms with Crippen LogP contribution in [0, 0.1) is 19.7 Å². The number of carbonyl (C=O) groups excluding carboxylic acids is 2. The minimum absolute atomic E-state index is 0.120. The summed E-state index contributed by atoms with van der Waals surface area (Å²) in [4.78, 5) is 27.9. The SMILES string of the molecule is CC[C@@H](C)NC(=O)[C@H](C)N(Cc1ccccc1F)C(=O)CN(c1cc(C)ccc1C)S(=O)(=O)N(C)C. The molecule has 0 radical (unpaired) electrons. The van der Waals surface area contributed by atoms with E-state index in [1.165, 1.54) is 37.2 Å². The molecule has 2 atom stereocenters. The van der Waals surface area contributed by atoms with E-state index in [0.29, 0.717) is 17.7 Å². The van der Waals surface area contributed by atoms with Crippen LogP contribution in [0.5, 0.6) is 0 Å². The van der Waals surface area contributed by atoms with Crippen LogP contribution in [0.3, 0.4) is 0 Å². The van der Waals surface area contributed by atoms with Crippen molar-refractivity contribution >= 4 is 27.7 Å². The average molecular weight is 521 g/mol. The number of hydrogen-bond acceptors (Lipinski definition) is 4. The van der Waals surface area contributed by atoms with E-state index in [2.05, 4.69) is 5.32 Å². The minimum atomic E-state index is -4.07. The highest BCUT2D eigenvalue weighted by molar-refractivity contribution is 7.90. The number of hydrogen-bond donors (Lipinski definition) is 1. The fraction of sp³-hybridized carbons (Fsp3) is 0.462. The van der Waals surface area contributed by atoms with Crippen molar-refractivity contribution in [1.82, 2.24) is 14.5 Å². The van der Waals surface area contributed by atoms with E-state index in [1.54, 1.807) is 32.0 Å². The van der Waals surface area contributed by atoms with Gasteiger partial charge in [0.15, 0.2) is 0 Å². The zero-order valence-corrected chi connectivity index (χ0v) is 22.9. The number of nitrogens with zero attached hydrogens (tertiary/aromatic N) is 3. The van der Waals surface area contributed by atoms with Gasteiger partial charge in [0.1, 0.15) is 18.4 Å². The van der Waals surface area contributed by atoms with Crippen molar-refractivity contribution in [2.24, 2.45) is 0 Å². The van der Waals surface area contributed by atoms with Crippen LogP contribution in [0.15, 0.2) is 42.5 Å². The second-order valence-electron chi connectivity index (χ2n) is 9.19. The second-order valence-corrected chi connectivity index (χ2v) is 11.3. The summed E-state index contributed by atoms with van der Waals surface area (Å²) in [7, 11) is -1.29. The first-order valence-electron chi connectivity index (χ1n) is 11.9. The number of anilines is 1. The molecule has 2 amide bonds. The van der Waals surface area contributed by atoms with Crippen LogP contribution >= 0.6 is 0 Å². The molecule has 0 saturated heterocycles. The number of aryl methyl sites for hydroxylation is 2. The molecular weight excluding hydrogens is 483 g/mol. The minimum Gasteiger partial charge on any atom is -0.352 e. The van der Waals surface area contributed by atoms with Gasteiger partial charge in [-0.1, -0.05) is 37.3 Å². The monoisotopic (exact) mass is 520 g/mol. The maximum Gasteiger partial charge on any atom is 0.304 e. The first-order valence-corrected chi connectivity index (χ1v) is 13.3. The molecule has 2 rings (SSSR count). The fourth-order valence-corrected chi connectivity index (χ4v) is 4.66. The number of halogens is 1. The lowest BCUT2D eigenvalue weighted by Crippen LogP contribution is -2.53. The predicted molar refractivity (Wildman–Crippen MR) is 140 cm³/mol. The fourth-order valence-electron chi connectivity index (χ4n) is 3.55. The molecule has 0 aliphatic heterocycles. The Balaban J connectivity index is 2.52. The first-order chi connectivity index (χ1) is 16.8. The van der Waals surface area contributed by atoms with Crippen molar-refractivity contribution in [3.63, 3.8) is 0 Å². The summed E-state index contributed by atoms with van der Waals surface area (Å²) in [5, 5.41) is 2.85. The Morgan fingerprint density at radius 3 is 2.28 bits per heavy atom. The molecule has 198 valence electrons. The molecule has 0 aliphatic carbocycles. The van der Waals surface area contributed by atoms with Crippen LogP contribution in [-0.4, -0.2) is 62.2 Å². The zero-order chi connectivity index (χ0) is 27.2. The first kappa shape index (κ1) is 29.3. The average Bonchev–Trinajstić information content (AvgIpc) is 2.82. The number of carbonyl (C=O) groups is 2. The van der Waals surface area contributed by atoms with Gasteiger partial charge in [-0.15, -0.1) is 0 Å². The van der Waals surface area contributed by atoms with Gasteiger partial charge in [-0.05, 0) is 57.4 Å². The molecule has 2 aromatic carbocycles. The van der Waals surface area contributed by atoms with Gasteiger partial charge in [-0.25, -0.2) is 8.70 Å². The normalized spacial score (nSPS) is 13.2. The number of nitrogens with one attached hydrogen (secondary N) is 1. The summed E-state index contributed by atoms with van der Waals surface area (Å²) in [6.07, 6.45) is 0.696. The molecule has 0 bridgehead atoms. The van der Waals surface area contributed by atoms with E-state index >= 15 is 0 Å². The molecule has 1 N–H and O–H groups in total. The van der Waals surface area contributed by atoms with E-state index < -0.39 is 40.4 Å². The highest BCUT2D eigenvalue weighted by Crippen LogP contribution is 2.26. The molecule has 0 heterocycles. The largest absolute Gasteiger partial charge is 0.352 e. The highest BCUT2D eigenvalue weighted by atomic mass is 32.2. The Hall–Kier alpha value is -2.98. The third-order valence-electron chi connectivity index (χ3n) is 6.12. The van der Waals surface area contributed by atoms with Crippen LogP contribution in [0.4, 0.5) is 10.1 Å². The molecule has 0 saturated carbocycles. The molecule has 0 unspecified atom stereocenters. The van der Waals surface area contributed by atoms with E-state index in [4.69, 9.17) is 0 Å². The van der Waals surface area contributed by atoms with Crippen molar-refractivity contribution in [3.8, 4) is 0 Å². The Bertz CT molecular complexity index is 1190. The van der Waals surface area contributed by atoms with Crippen LogP contribution in [0.1, 0.15) is 43.9 Å². The summed E-state index contributed by atoms with van der Waals surface area (Å²) < 4.78 is 43.2. The van der Waals surface area contributed by atoms with Crippen LogP contribution in [0.2, 0.25) is 0 Å².